The fourth-order valence-electron chi connectivity index (χ4n) is 0.0659. The molecule has 0 saturated carbocycles. The van der Waals surface area contributed by atoms with Gasteiger partial charge in [-0.25, -0.2) is 0 Å². The SMILES string of the molecule is C[C](C)([Ca][Cl])C(N)=O. The summed E-state index contributed by atoms with van der Waals surface area (Å²) in [6, 6.07) is 0. The molecule has 2 nitrogen and oxygen atoms in total. The van der Waals surface area contributed by atoms with Gasteiger partial charge in [0.25, 0.3) is 0 Å². The fourth-order valence-corrected chi connectivity index (χ4v) is 0.815. The van der Waals surface area contributed by atoms with E-state index >= 15 is 0 Å². The molecule has 0 aromatic rings. The maximum absolute atomic E-state index is 10.4. The van der Waals surface area contributed by atoms with E-state index in [1.165, 1.54) is 0 Å². The third-order valence-corrected chi connectivity index (χ3v) is 5.34. The number of nitrogens with two attached hydrogens (primary N) is 1. The first-order chi connectivity index (χ1) is 3.50. The first kappa shape index (κ1) is 9.02. The topological polar surface area (TPSA) is 43.1 Å². The van der Waals surface area contributed by atoms with E-state index in [0.29, 0.717) is 0 Å². The Kier molecular flexibility index (Phi) is 3.67. The van der Waals surface area contributed by atoms with E-state index in [1.54, 1.807) is 13.8 Å². The van der Waals surface area contributed by atoms with E-state index in [4.69, 9.17) is 12.1 Å². The van der Waals surface area contributed by atoms with Gasteiger partial charge in [0.05, 0.1) is 0 Å². The molecule has 44 valence electrons. The summed E-state index contributed by atoms with van der Waals surface area (Å²) in [4.78, 5) is 10.4. The van der Waals surface area contributed by atoms with Gasteiger partial charge >= 0.3 is 70.5 Å². The molecule has 0 atom stereocenters. The van der Waals surface area contributed by atoms with Crippen LogP contribution in [0.3, 0.4) is 0 Å². The zero-order chi connectivity index (χ0) is 6.78. The summed E-state index contributed by atoms with van der Waals surface area (Å²) >= 11 is -1.19. The Morgan fingerprint density at radius 1 is 1.75 bits per heavy atom. The molecule has 2 N–H and O–H groups in total. The van der Waals surface area contributed by atoms with Crippen molar-refractivity contribution in [1.82, 2.24) is 0 Å². The fraction of sp³-hybridized carbons (Fsp3) is 0.750. The molecule has 0 bridgehead atoms. The molecule has 0 heterocycles. The summed E-state index contributed by atoms with van der Waals surface area (Å²) in [5, 5.41) is 0. The summed E-state index contributed by atoms with van der Waals surface area (Å²) in [6.07, 6.45) is 5.57. The van der Waals surface area contributed by atoms with Crippen LogP contribution in [0.1, 0.15) is 13.8 Å². The second-order valence-electron chi connectivity index (χ2n) is 2.38. The van der Waals surface area contributed by atoms with Crippen LogP contribution < -0.4 is 5.73 Å². The number of halogens is 1. The van der Waals surface area contributed by atoms with Crippen LogP contribution in [-0.2, 0) is 4.79 Å². The summed E-state index contributed by atoms with van der Waals surface area (Å²) < 4.78 is -0.367. The number of carbonyl (C=O) groups excluding carboxylic acids is 1. The minimum absolute atomic E-state index is 0.271. The Labute approximate surface area is 69.8 Å². The summed E-state index contributed by atoms with van der Waals surface area (Å²) in [5.41, 5.74) is 5.00. The molecule has 0 radical (unpaired) electrons. The molecule has 0 saturated heterocycles. The second kappa shape index (κ2) is 3.25. The van der Waals surface area contributed by atoms with E-state index in [9.17, 15) is 4.79 Å². The van der Waals surface area contributed by atoms with Crippen molar-refractivity contribution >= 4 is 44.6 Å². The normalized spacial score (nSPS) is 10.4. The van der Waals surface area contributed by atoms with Crippen molar-refractivity contribution in [2.45, 2.75) is 15.4 Å². The Morgan fingerprint density at radius 2 is 2.12 bits per heavy atom. The molecule has 0 fully saturated rings. The van der Waals surface area contributed by atoms with Crippen molar-refractivity contribution in [2.75, 3.05) is 0 Å². The van der Waals surface area contributed by atoms with Gasteiger partial charge in [-0.2, -0.15) is 0 Å². The summed E-state index contributed by atoms with van der Waals surface area (Å²) in [5.74, 6) is -0.271. The third kappa shape index (κ3) is 2.53. The molecule has 0 aromatic carbocycles. The Morgan fingerprint density at radius 3 is 2.12 bits per heavy atom. The Balaban J connectivity index is 3.91. The van der Waals surface area contributed by atoms with Gasteiger partial charge < -0.3 is 0 Å². The minimum atomic E-state index is -1.19. The van der Waals surface area contributed by atoms with Crippen molar-refractivity contribution in [3.8, 4) is 0 Å². The molecule has 0 aliphatic carbocycles. The van der Waals surface area contributed by atoms with Gasteiger partial charge in [-0.05, 0) is 0 Å². The number of hydrogen-bond acceptors (Lipinski definition) is 1. The van der Waals surface area contributed by atoms with Crippen LogP contribution in [-0.4, -0.2) is 38.2 Å². The standard InChI is InChI=1S/C4H8NO.Ca.ClH/c1-3(2)4(5)6;;/h1-2H3,(H2,5,6);;1H/q;+1;/p-1. The van der Waals surface area contributed by atoms with Crippen LogP contribution >= 0.6 is 6.39 Å². The number of primary amides is 1. The molecular formula is C4H8CaClNO. The molecule has 4 heteroatoms. The first-order valence-corrected chi connectivity index (χ1v) is 6.51. The van der Waals surface area contributed by atoms with E-state index in [1.807, 2.05) is 0 Å². The second-order valence-corrected chi connectivity index (χ2v) is 6.66. The number of hydrogen-bond donors (Lipinski definition) is 1. The molecular weight excluding hydrogens is 154 g/mol. The van der Waals surface area contributed by atoms with E-state index in [2.05, 4.69) is 0 Å². The van der Waals surface area contributed by atoms with Gasteiger partial charge in [-0.15, -0.1) is 0 Å². The molecule has 1 amide bonds. The third-order valence-electron chi connectivity index (χ3n) is 1.00. The maximum atomic E-state index is 10.4. The molecule has 0 unspecified atom stereocenters. The number of amides is 1. The van der Waals surface area contributed by atoms with Crippen LogP contribution in [0.5, 0.6) is 0 Å². The van der Waals surface area contributed by atoms with Crippen molar-refractivity contribution in [2.24, 2.45) is 5.73 Å². The van der Waals surface area contributed by atoms with Crippen LogP contribution in [0.2, 0.25) is 1.51 Å². The van der Waals surface area contributed by atoms with Crippen molar-refractivity contribution in [3.05, 3.63) is 0 Å². The number of rotatable bonds is 2. The molecule has 0 aliphatic heterocycles. The van der Waals surface area contributed by atoms with Crippen LogP contribution in [0, 0.1) is 0 Å². The van der Waals surface area contributed by atoms with Gasteiger partial charge in [0.1, 0.15) is 0 Å². The van der Waals surface area contributed by atoms with Crippen LogP contribution in [0.4, 0.5) is 0 Å². The zero-order valence-electron chi connectivity index (χ0n) is 5.07. The van der Waals surface area contributed by atoms with Crippen LogP contribution in [0.25, 0.3) is 0 Å². The average molecular weight is 162 g/mol. The summed E-state index contributed by atoms with van der Waals surface area (Å²) in [7, 11) is 0. The van der Waals surface area contributed by atoms with Gasteiger partial charge in [0.2, 0.25) is 0 Å². The Hall–Kier alpha value is 1.02. The van der Waals surface area contributed by atoms with Crippen molar-refractivity contribution in [3.63, 3.8) is 0 Å². The van der Waals surface area contributed by atoms with E-state index < -0.39 is 32.3 Å². The molecule has 0 aromatic heterocycles. The average Bonchev–Trinajstić information content (AvgIpc) is 1.67. The van der Waals surface area contributed by atoms with E-state index in [-0.39, 0.29) is 7.42 Å². The van der Waals surface area contributed by atoms with Crippen molar-refractivity contribution in [1.29, 1.82) is 0 Å². The van der Waals surface area contributed by atoms with Crippen LogP contribution in [0.15, 0.2) is 0 Å². The predicted molar refractivity (Wildman–Crippen MR) is 34.8 cm³/mol. The first-order valence-electron chi connectivity index (χ1n) is 2.36. The molecule has 0 aliphatic rings. The molecule has 0 rings (SSSR count). The quantitative estimate of drug-likeness (QED) is 0.590. The van der Waals surface area contributed by atoms with Crippen molar-refractivity contribution < 1.29 is 4.79 Å². The monoisotopic (exact) mass is 161 g/mol. The van der Waals surface area contributed by atoms with Gasteiger partial charge in [0, 0.05) is 0 Å². The van der Waals surface area contributed by atoms with E-state index in [0.717, 1.165) is 0 Å². The molecule has 0 spiro atoms. The van der Waals surface area contributed by atoms with Gasteiger partial charge in [0.15, 0.2) is 0 Å². The summed E-state index contributed by atoms with van der Waals surface area (Å²) in [6.45, 7) is 3.59. The predicted octanol–water partition coefficient (Wildman–Crippen LogP) is 0.528. The van der Waals surface area contributed by atoms with Gasteiger partial charge in [-0.1, -0.05) is 0 Å². The molecule has 8 heavy (non-hydrogen) atoms. The number of carbonyl (C=O) groups is 1. The van der Waals surface area contributed by atoms with Gasteiger partial charge in [-0.3, -0.25) is 0 Å². The Bertz CT molecular complexity index is 104. The zero-order valence-corrected chi connectivity index (χ0v) is 8.03.